The van der Waals surface area contributed by atoms with Gasteiger partial charge in [0.15, 0.2) is 11.5 Å². The van der Waals surface area contributed by atoms with Crippen LogP contribution in [0.5, 0.6) is 11.5 Å². The minimum absolute atomic E-state index is 0.0933. The second-order valence-corrected chi connectivity index (χ2v) is 5.03. The monoisotopic (exact) mass is 316 g/mol. The molecule has 0 heterocycles. The zero-order valence-corrected chi connectivity index (χ0v) is 13.5. The van der Waals surface area contributed by atoms with Crippen LogP contribution in [-0.4, -0.2) is 18.6 Å². The van der Waals surface area contributed by atoms with Crippen LogP contribution in [0, 0.1) is 17.0 Å². The number of benzene rings is 2. The molecule has 0 bridgehead atoms. The summed E-state index contributed by atoms with van der Waals surface area (Å²) in [6.45, 7) is 4.93. The molecule has 0 amide bonds. The molecule has 2 aromatic rings. The molecule has 0 aliphatic heterocycles. The molecule has 122 valence electrons. The first-order valence-corrected chi connectivity index (χ1v) is 7.33. The lowest BCUT2D eigenvalue weighted by atomic mass is 10.1. The molecule has 0 saturated heterocycles. The quantitative estimate of drug-likeness (QED) is 0.619. The van der Waals surface area contributed by atoms with Crippen molar-refractivity contribution in [2.24, 2.45) is 0 Å². The van der Waals surface area contributed by atoms with Crippen LogP contribution in [0.2, 0.25) is 0 Å². The van der Waals surface area contributed by atoms with Crippen LogP contribution in [-0.2, 0) is 6.54 Å². The number of ether oxygens (including phenoxy) is 2. The van der Waals surface area contributed by atoms with Crippen molar-refractivity contribution in [2.75, 3.05) is 19.0 Å². The average Bonchev–Trinajstić information content (AvgIpc) is 2.54. The van der Waals surface area contributed by atoms with E-state index in [1.807, 2.05) is 32.0 Å². The van der Waals surface area contributed by atoms with Gasteiger partial charge < -0.3 is 14.8 Å². The predicted octanol–water partition coefficient (Wildman–Crippen LogP) is 3.92. The van der Waals surface area contributed by atoms with Crippen molar-refractivity contribution in [3.8, 4) is 11.5 Å². The first-order chi connectivity index (χ1) is 11.0. The van der Waals surface area contributed by atoms with Gasteiger partial charge in [-0.25, -0.2) is 0 Å². The highest BCUT2D eigenvalue weighted by Crippen LogP contribution is 2.29. The fraction of sp³-hybridized carbons (Fsp3) is 0.294. The Morgan fingerprint density at radius 1 is 1.17 bits per heavy atom. The summed E-state index contributed by atoms with van der Waals surface area (Å²) in [4.78, 5) is 10.4. The van der Waals surface area contributed by atoms with Gasteiger partial charge in [0.1, 0.15) is 0 Å². The fourth-order valence-electron chi connectivity index (χ4n) is 2.25. The predicted molar refractivity (Wildman–Crippen MR) is 89.3 cm³/mol. The highest BCUT2D eigenvalue weighted by Gasteiger charge is 2.09. The largest absolute Gasteiger partial charge is 0.493 e. The molecule has 0 radical (unpaired) electrons. The molecule has 2 aromatic carbocycles. The molecular formula is C17H20N2O4. The topological polar surface area (TPSA) is 73.6 Å². The molecule has 1 N–H and O–H groups in total. The number of nitrogens with zero attached hydrogens (tertiary/aromatic N) is 1. The van der Waals surface area contributed by atoms with Gasteiger partial charge in [0.05, 0.1) is 18.6 Å². The smallest absolute Gasteiger partial charge is 0.269 e. The maximum atomic E-state index is 10.8. The maximum absolute atomic E-state index is 10.8. The van der Waals surface area contributed by atoms with E-state index in [4.69, 9.17) is 9.47 Å². The number of hydrogen-bond donors (Lipinski definition) is 1. The number of nitrogens with one attached hydrogen (secondary N) is 1. The second kappa shape index (κ2) is 7.49. The van der Waals surface area contributed by atoms with E-state index in [-0.39, 0.29) is 5.69 Å². The van der Waals surface area contributed by atoms with E-state index >= 15 is 0 Å². The van der Waals surface area contributed by atoms with Gasteiger partial charge in [-0.2, -0.15) is 0 Å². The van der Waals surface area contributed by atoms with Gasteiger partial charge in [-0.1, -0.05) is 6.07 Å². The molecule has 0 saturated carbocycles. The molecule has 0 atom stereocenters. The summed E-state index contributed by atoms with van der Waals surface area (Å²) >= 11 is 0. The Bertz CT molecular complexity index is 701. The SMILES string of the molecule is CCOc1ccc(CNc2ccc([N+](=O)[O-])cc2C)cc1OC. The molecule has 0 aliphatic carbocycles. The van der Waals surface area contributed by atoms with Gasteiger partial charge in [-0.05, 0) is 43.2 Å². The van der Waals surface area contributed by atoms with E-state index in [1.165, 1.54) is 6.07 Å². The number of non-ortho nitro benzene ring substituents is 1. The summed E-state index contributed by atoms with van der Waals surface area (Å²) in [5.74, 6) is 1.40. The second-order valence-electron chi connectivity index (χ2n) is 5.03. The standard InChI is InChI=1S/C17H20N2O4/c1-4-23-16-8-5-13(10-17(16)22-3)11-18-15-7-6-14(19(20)21)9-12(15)2/h5-10,18H,4,11H2,1-3H3. The lowest BCUT2D eigenvalue weighted by Crippen LogP contribution is -2.03. The van der Waals surface area contributed by atoms with Crippen LogP contribution in [0.25, 0.3) is 0 Å². The molecule has 0 aliphatic rings. The van der Waals surface area contributed by atoms with Crippen LogP contribution in [0.15, 0.2) is 36.4 Å². The van der Waals surface area contributed by atoms with Gasteiger partial charge in [-0.15, -0.1) is 0 Å². The van der Waals surface area contributed by atoms with Crippen molar-refractivity contribution in [3.63, 3.8) is 0 Å². The van der Waals surface area contributed by atoms with E-state index in [0.717, 1.165) is 16.8 Å². The van der Waals surface area contributed by atoms with E-state index in [2.05, 4.69) is 5.32 Å². The number of rotatable bonds is 7. The number of nitro groups is 1. The van der Waals surface area contributed by atoms with Gasteiger partial charge >= 0.3 is 0 Å². The molecule has 2 rings (SSSR count). The molecule has 0 unspecified atom stereocenters. The average molecular weight is 316 g/mol. The molecule has 0 spiro atoms. The van der Waals surface area contributed by atoms with E-state index < -0.39 is 4.92 Å². The van der Waals surface area contributed by atoms with Crippen LogP contribution in [0.4, 0.5) is 11.4 Å². The molecule has 6 heteroatoms. The first-order valence-electron chi connectivity index (χ1n) is 7.33. The third-order valence-electron chi connectivity index (χ3n) is 3.43. The van der Waals surface area contributed by atoms with Crippen molar-refractivity contribution in [2.45, 2.75) is 20.4 Å². The summed E-state index contributed by atoms with van der Waals surface area (Å²) < 4.78 is 10.8. The normalized spacial score (nSPS) is 10.2. The zero-order chi connectivity index (χ0) is 16.8. The highest BCUT2D eigenvalue weighted by atomic mass is 16.6. The third kappa shape index (κ3) is 4.12. The van der Waals surface area contributed by atoms with Crippen LogP contribution < -0.4 is 14.8 Å². The van der Waals surface area contributed by atoms with Crippen molar-refractivity contribution < 1.29 is 14.4 Å². The minimum atomic E-state index is -0.395. The highest BCUT2D eigenvalue weighted by molar-refractivity contribution is 5.56. The summed E-state index contributed by atoms with van der Waals surface area (Å²) in [7, 11) is 1.61. The Kier molecular flexibility index (Phi) is 5.41. The van der Waals surface area contributed by atoms with Crippen LogP contribution >= 0.6 is 0 Å². The number of hydrogen-bond acceptors (Lipinski definition) is 5. The summed E-state index contributed by atoms with van der Waals surface area (Å²) in [6.07, 6.45) is 0. The molecule has 23 heavy (non-hydrogen) atoms. The van der Waals surface area contributed by atoms with Gasteiger partial charge in [0.2, 0.25) is 0 Å². The van der Waals surface area contributed by atoms with E-state index in [0.29, 0.717) is 24.7 Å². The summed E-state index contributed by atoms with van der Waals surface area (Å²) in [6, 6.07) is 10.5. The Balaban J connectivity index is 2.10. The number of anilines is 1. The first kappa shape index (κ1) is 16.6. The minimum Gasteiger partial charge on any atom is -0.493 e. The van der Waals surface area contributed by atoms with Crippen molar-refractivity contribution in [3.05, 3.63) is 57.6 Å². The lowest BCUT2D eigenvalue weighted by molar-refractivity contribution is -0.384. The van der Waals surface area contributed by atoms with E-state index in [1.54, 1.807) is 19.2 Å². The Morgan fingerprint density at radius 3 is 2.57 bits per heavy atom. The van der Waals surface area contributed by atoms with Crippen molar-refractivity contribution >= 4 is 11.4 Å². The molecule has 0 aromatic heterocycles. The lowest BCUT2D eigenvalue weighted by Gasteiger charge is -2.13. The third-order valence-corrected chi connectivity index (χ3v) is 3.43. The maximum Gasteiger partial charge on any atom is 0.269 e. The van der Waals surface area contributed by atoms with E-state index in [9.17, 15) is 10.1 Å². The van der Waals surface area contributed by atoms with Crippen LogP contribution in [0.3, 0.4) is 0 Å². The molecule has 6 nitrogen and oxygen atoms in total. The van der Waals surface area contributed by atoms with Gasteiger partial charge in [0, 0.05) is 24.4 Å². The number of nitro benzene ring substituents is 1. The molecular weight excluding hydrogens is 296 g/mol. The number of aryl methyl sites for hydroxylation is 1. The van der Waals surface area contributed by atoms with Crippen molar-refractivity contribution in [1.82, 2.24) is 0 Å². The fourth-order valence-corrected chi connectivity index (χ4v) is 2.25. The number of methoxy groups -OCH3 is 1. The summed E-state index contributed by atoms with van der Waals surface area (Å²) in [5, 5.41) is 14.0. The molecule has 0 fully saturated rings. The van der Waals surface area contributed by atoms with Crippen LogP contribution in [0.1, 0.15) is 18.1 Å². The Labute approximate surface area is 135 Å². The Morgan fingerprint density at radius 2 is 1.96 bits per heavy atom. The summed E-state index contributed by atoms with van der Waals surface area (Å²) in [5.41, 5.74) is 2.82. The zero-order valence-electron chi connectivity index (χ0n) is 13.5. The Hall–Kier alpha value is -2.76. The van der Waals surface area contributed by atoms with Crippen molar-refractivity contribution in [1.29, 1.82) is 0 Å². The van der Waals surface area contributed by atoms with Gasteiger partial charge in [-0.3, -0.25) is 10.1 Å². The van der Waals surface area contributed by atoms with Gasteiger partial charge in [0.25, 0.3) is 5.69 Å².